The molecule has 2 aromatic carbocycles. The summed E-state index contributed by atoms with van der Waals surface area (Å²) in [5.74, 6) is 4.97. The van der Waals surface area contributed by atoms with Crippen molar-refractivity contribution in [3.05, 3.63) is 65.2 Å². The maximum atomic E-state index is 13.7. The van der Waals surface area contributed by atoms with E-state index in [2.05, 4.69) is 11.8 Å². The number of benzene rings is 2. The number of rotatable bonds is 1. The maximum Gasteiger partial charge on any atom is 0.147 e. The van der Waals surface area contributed by atoms with Gasteiger partial charge < -0.3 is 4.90 Å². The highest BCUT2D eigenvalue weighted by molar-refractivity contribution is 5.52. The molecule has 0 unspecified atom stereocenters. The summed E-state index contributed by atoms with van der Waals surface area (Å²) in [7, 11) is 3.55. The SMILES string of the molecule is CN(C)c1ccc(C#Cc2cccc(F)c2)cc1F. The third-order valence-electron chi connectivity index (χ3n) is 2.61. The minimum Gasteiger partial charge on any atom is -0.375 e. The number of hydrogen-bond donors (Lipinski definition) is 0. The smallest absolute Gasteiger partial charge is 0.147 e. The third-order valence-corrected chi connectivity index (χ3v) is 2.61. The summed E-state index contributed by atoms with van der Waals surface area (Å²) < 4.78 is 26.7. The van der Waals surface area contributed by atoms with Crippen molar-refractivity contribution in [2.45, 2.75) is 0 Å². The fourth-order valence-electron chi connectivity index (χ4n) is 1.66. The van der Waals surface area contributed by atoms with Crippen LogP contribution in [0.3, 0.4) is 0 Å². The van der Waals surface area contributed by atoms with E-state index < -0.39 is 0 Å². The van der Waals surface area contributed by atoms with Crippen LogP contribution in [0.2, 0.25) is 0 Å². The van der Waals surface area contributed by atoms with E-state index in [9.17, 15) is 8.78 Å². The standard InChI is InChI=1S/C16H13F2N/c1-19(2)16-9-8-13(11-15(16)18)7-6-12-4-3-5-14(17)10-12/h3-5,8-11H,1-2H3. The molecule has 0 aliphatic heterocycles. The van der Waals surface area contributed by atoms with Crippen molar-refractivity contribution >= 4 is 5.69 Å². The van der Waals surface area contributed by atoms with Crippen LogP contribution in [0, 0.1) is 23.5 Å². The van der Waals surface area contributed by atoms with E-state index in [1.807, 2.05) is 0 Å². The van der Waals surface area contributed by atoms with Gasteiger partial charge in [0.15, 0.2) is 0 Å². The van der Waals surface area contributed by atoms with Crippen molar-refractivity contribution in [2.75, 3.05) is 19.0 Å². The summed E-state index contributed by atoms with van der Waals surface area (Å²) in [5, 5.41) is 0. The van der Waals surface area contributed by atoms with Crippen LogP contribution in [0.15, 0.2) is 42.5 Å². The van der Waals surface area contributed by atoms with E-state index >= 15 is 0 Å². The second-order valence-corrected chi connectivity index (χ2v) is 4.32. The molecule has 2 aromatic rings. The van der Waals surface area contributed by atoms with E-state index in [0.717, 1.165) is 0 Å². The molecule has 0 N–H and O–H groups in total. The first-order chi connectivity index (χ1) is 9.06. The average molecular weight is 257 g/mol. The van der Waals surface area contributed by atoms with Gasteiger partial charge in [0, 0.05) is 25.2 Å². The fraction of sp³-hybridized carbons (Fsp3) is 0.125. The van der Waals surface area contributed by atoms with Gasteiger partial charge in [0.1, 0.15) is 11.6 Å². The third kappa shape index (κ3) is 3.32. The Hall–Kier alpha value is -2.34. The summed E-state index contributed by atoms with van der Waals surface area (Å²) in [6, 6.07) is 10.8. The largest absolute Gasteiger partial charge is 0.375 e. The molecule has 0 aliphatic carbocycles. The van der Waals surface area contributed by atoms with Gasteiger partial charge in [0.2, 0.25) is 0 Å². The minimum absolute atomic E-state index is 0.323. The predicted molar refractivity (Wildman–Crippen MR) is 73.1 cm³/mol. The van der Waals surface area contributed by atoms with Gasteiger partial charge in [-0.2, -0.15) is 0 Å². The van der Waals surface area contributed by atoms with E-state index in [1.54, 1.807) is 43.3 Å². The monoisotopic (exact) mass is 257 g/mol. The first kappa shape index (κ1) is 13.1. The highest BCUT2D eigenvalue weighted by Crippen LogP contribution is 2.17. The molecule has 0 heterocycles. The zero-order chi connectivity index (χ0) is 13.8. The fourth-order valence-corrected chi connectivity index (χ4v) is 1.66. The van der Waals surface area contributed by atoms with Crippen molar-refractivity contribution in [3.63, 3.8) is 0 Å². The Kier molecular flexibility index (Phi) is 3.82. The van der Waals surface area contributed by atoms with Crippen LogP contribution < -0.4 is 4.90 Å². The van der Waals surface area contributed by atoms with E-state index in [0.29, 0.717) is 16.8 Å². The molecule has 0 spiro atoms. The minimum atomic E-state index is -0.332. The van der Waals surface area contributed by atoms with Gasteiger partial charge in [-0.25, -0.2) is 8.78 Å². The Morgan fingerprint density at radius 2 is 1.58 bits per heavy atom. The van der Waals surface area contributed by atoms with Crippen molar-refractivity contribution in [1.29, 1.82) is 0 Å². The maximum absolute atomic E-state index is 13.7. The molecular weight excluding hydrogens is 244 g/mol. The first-order valence-corrected chi connectivity index (χ1v) is 5.81. The van der Waals surface area contributed by atoms with Gasteiger partial charge in [-0.3, -0.25) is 0 Å². The highest BCUT2D eigenvalue weighted by atomic mass is 19.1. The van der Waals surface area contributed by atoms with E-state index in [1.165, 1.54) is 18.2 Å². The average Bonchev–Trinajstić information content (AvgIpc) is 2.36. The Labute approximate surface area is 111 Å². The van der Waals surface area contributed by atoms with Crippen molar-refractivity contribution in [3.8, 4) is 11.8 Å². The Bertz CT molecular complexity index is 651. The molecule has 0 atom stereocenters. The normalized spacial score (nSPS) is 9.68. The van der Waals surface area contributed by atoms with Gasteiger partial charge in [-0.05, 0) is 36.4 Å². The lowest BCUT2D eigenvalue weighted by Crippen LogP contribution is -2.10. The molecule has 0 bridgehead atoms. The summed E-state index contributed by atoms with van der Waals surface area (Å²) in [4.78, 5) is 1.69. The number of halogens is 2. The second-order valence-electron chi connectivity index (χ2n) is 4.32. The van der Waals surface area contributed by atoms with Gasteiger partial charge in [-0.1, -0.05) is 17.9 Å². The number of nitrogens with zero attached hydrogens (tertiary/aromatic N) is 1. The van der Waals surface area contributed by atoms with Crippen LogP contribution >= 0.6 is 0 Å². The lowest BCUT2D eigenvalue weighted by molar-refractivity contribution is 0.625. The zero-order valence-electron chi connectivity index (χ0n) is 10.7. The van der Waals surface area contributed by atoms with Crippen LogP contribution in [0.5, 0.6) is 0 Å². The molecule has 0 fully saturated rings. The van der Waals surface area contributed by atoms with Crippen molar-refractivity contribution in [2.24, 2.45) is 0 Å². The first-order valence-electron chi connectivity index (χ1n) is 5.81. The lowest BCUT2D eigenvalue weighted by Gasteiger charge is -2.12. The zero-order valence-corrected chi connectivity index (χ0v) is 10.7. The summed E-state index contributed by atoms with van der Waals surface area (Å²) in [6.45, 7) is 0. The van der Waals surface area contributed by atoms with Crippen LogP contribution in [0.1, 0.15) is 11.1 Å². The Balaban J connectivity index is 2.28. The molecular formula is C16H13F2N. The second kappa shape index (κ2) is 5.53. The Morgan fingerprint density at radius 1 is 0.895 bits per heavy atom. The van der Waals surface area contributed by atoms with Crippen LogP contribution in [-0.2, 0) is 0 Å². The molecule has 3 heteroatoms. The quantitative estimate of drug-likeness (QED) is 0.707. The molecule has 0 saturated carbocycles. The van der Waals surface area contributed by atoms with Gasteiger partial charge in [0.05, 0.1) is 5.69 Å². The predicted octanol–water partition coefficient (Wildman–Crippen LogP) is 3.43. The topological polar surface area (TPSA) is 3.24 Å². The van der Waals surface area contributed by atoms with Gasteiger partial charge in [0.25, 0.3) is 0 Å². The summed E-state index contributed by atoms with van der Waals surface area (Å²) in [6.07, 6.45) is 0. The highest BCUT2D eigenvalue weighted by Gasteiger charge is 2.03. The van der Waals surface area contributed by atoms with Gasteiger partial charge >= 0.3 is 0 Å². The van der Waals surface area contributed by atoms with Crippen molar-refractivity contribution in [1.82, 2.24) is 0 Å². The molecule has 0 aromatic heterocycles. The number of anilines is 1. The molecule has 0 aliphatic rings. The lowest BCUT2D eigenvalue weighted by atomic mass is 10.1. The molecule has 96 valence electrons. The van der Waals surface area contributed by atoms with Crippen LogP contribution in [0.25, 0.3) is 0 Å². The summed E-state index contributed by atoms with van der Waals surface area (Å²) >= 11 is 0. The summed E-state index contributed by atoms with van der Waals surface area (Å²) in [5.41, 5.74) is 1.64. The molecule has 2 rings (SSSR count). The molecule has 1 nitrogen and oxygen atoms in total. The molecule has 0 amide bonds. The van der Waals surface area contributed by atoms with Crippen molar-refractivity contribution < 1.29 is 8.78 Å². The number of hydrogen-bond acceptors (Lipinski definition) is 1. The molecule has 19 heavy (non-hydrogen) atoms. The molecule has 0 radical (unpaired) electrons. The molecule has 0 saturated heterocycles. The van der Waals surface area contributed by atoms with E-state index in [4.69, 9.17) is 0 Å². The van der Waals surface area contributed by atoms with Crippen LogP contribution in [-0.4, -0.2) is 14.1 Å². The van der Waals surface area contributed by atoms with Gasteiger partial charge in [-0.15, -0.1) is 0 Å². The Morgan fingerprint density at radius 3 is 2.16 bits per heavy atom. The van der Waals surface area contributed by atoms with Crippen LogP contribution in [0.4, 0.5) is 14.5 Å². The van der Waals surface area contributed by atoms with E-state index in [-0.39, 0.29) is 11.6 Å².